The fourth-order valence-electron chi connectivity index (χ4n) is 2.26. The molecule has 1 rings (SSSR count). The van der Waals surface area contributed by atoms with Crippen LogP contribution in [0.15, 0.2) is 23.1 Å². The van der Waals surface area contributed by atoms with Crippen molar-refractivity contribution >= 4 is 21.7 Å². The van der Waals surface area contributed by atoms with Gasteiger partial charge in [-0.1, -0.05) is 25.0 Å². The van der Waals surface area contributed by atoms with Gasteiger partial charge in [0.2, 0.25) is 10.0 Å². The Morgan fingerprint density at radius 3 is 2.54 bits per heavy atom. The van der Waals surface area contributed by atoms with Crippen molar-refractivity contribution in [1.82, 2.24) is 4.72 Å². The van der Waals surface area contributed by atoms with Gasteiger partial charge in [0.1, 0.15) is 0 Å². The zero-order valence-corrected chi connectivity index (χ0v) is 14.6. The van der Waals surface area contributed by atoms with E-state index in [4.69, 9.17) is 0 Å². The molecule has 0 heterocycles. The smallest absolute Gasteiger partial charge is 0.305 e. The number of sulfonamides is 1. The van der Waals surface area contributed by atoms with Gasteiger partial charge in [0.05, 0.1) is 12.0 Å². The highest BCUT2D eigenvalue weighted by Crippen LogP contribution is 2.26. The van der Waals surface area contributed by atoms with Crippen LogP contribution >= 0.6 is 0 Å². The number of carbonyl (C=O) groups excluding carboxylic acids is 1. The van der Waals surface area contributed by atoms with E-state index in [2.05, 4.69) is 9.46 Å². The molecule has 0 bridgehead atoms. The summed E-state index contributed by atoms with van der Waals surface area (Å²) in [5.41, 5.74) is -0.102. The first-order valence-electron chi connectivity index (χ1n) is 7.60. The molecule has 0 aliphatic carbocycles. The van der Waals surface area contributed by atoms with Crippen molar-refractivity contribution in [2.24, 2.45) is 0 Å². The molecule has 0 amide bonds. The van der Waals surface area contributed by atoms with Gasteiger partial charge in [0.25, 0.3) is 5.69 Å². The maximum atomic E-state index is 12.3. The van der Waals surface area contributed by atoms with Gasteiger partial charge in [-0.15, -0.1) is 0 Å². The molecular formula is C15H22N2O6S. The number of carbonyl (C=O) groups is 1. The summed E-state index contributed by atoms with van der Waals surface area (Å²) in [5.74, 6) is -0.262. The fourth-order valence-corrected chi connectivity index (χ4v) is 3.73. The van der Waals surface area contributed by atoms with E-state index in [1.54, 1.807) is 0 Å². The third-order valence-corrected chi connectivity index (χ3v) is 5.14. The van der Waals surface area contributed by atoms with E-state index in [9.17, 15) is 23.3 Å². The molecule has 0 radical (unpaired) electrons. The lowest BCUT2D eigenvalue weighted by Gasteiger charge is -2.09. The molecule has 0 unspecified atom stereocenters. The van der Waals surface area contributed by atoms with Crippen LogP contribution in [-0.2, 0) is 19.6 Å². The summed E-state index contributed by atoms with van der Waals surface area (Å²) in [6.45, 7) is 1.71. The number of aryl methyl sites for hydroxylation is 1. The van der Waals surface area contributed by atoms with Crippen molar-refractivity contribution in [1.29, 1.82) is 0 Å². The predicted octanol–water partition coefficient (Wildman–Crippen LogP) is 2.31. The molecule has 1 N–H and O–H groups in total. The van der Waals surface area contributed by atoms with E-state index in [0.29, 0.717) is 24.8 Å². The van der Waals surface area contributed by atoms with Gasteiger partial charge >= 0.3 is 5.97 Å². The zero-order chi connectivity index (χ0) is 18.2. The molecule has 0 saturated heterocycles. The largest absolute Gasteiger partial charge is 0.469 e. The summed E-state index contributed by atoms with van der Waals surface area (Å²) in [5, 5.41) is 11.0. The minimum Gasteiger partial charge on any atom is -0.469 e. The highest BCUT2D eigenvalue weighted by Gasteiger charge is 2.27. The number of benzene rings is 1. The van der Waals surface area contributed by atoms with Gasteiger partial charge < -0.3 is 4.74 Å². The van der Waals surface area contributed by atoms with Gasteiger partial charge in [-0.05, 0) is 25.3 Å². The molecule has 134 valence electrons. The summed E-state index contributed by atoms with van der Waals surface area (Å²) in [6.07, 6.45) is 3.14. The number of methoxy groups -OCH3 is 1. The number of nitro groups is 1. The zero-order valence-electron chi connectivity index (χ0n) is 13.8. The number of ether oxygens (including phenoxy) is 1. The number of nitro benzene ring substituents is 1. The summed E-state index contributed by atoms with van der Waals surface area (Å²) >= 11 is 0. The summed E-state index contributed by atoms with van der Waals surface area (Å²) in [6, 6.07) is 4.15. The van der Waals surface area contributed by atoms with Crippen molar-refractivity contribution in [2.75, 3.05) is 13.7 Å². The predicted molar refractivity (Wildman–Crippen MR) is 88.1 cm³/mol. The molecule has 9 heteroatoms. The van der Waals surface area contributed by atoms with Gasteiger partial charge in [0.15, 0.2) is 4.90 Å². The molecule has 0 aliphatic rings. The Morgan fingerprint density at radius 1 is 1.25 bits per heavy atom. The van der Waals surface area contributed by atoms with E-state index in [1.165, 1.54) is 32.2 Å². The minimum absolute atomic E-state index is 0.187. The van der Waals surface area contributed by atoms with Crippen molar-refractivity contribution in [2.45, 2.75) is 43.9 Å². The van der Waals surface area contributed by atoms with Crippen LogP contribution in [0.1, 0.15) is 37.7 Å². The van der Waals surface area contributed by atoms with E-state index in [-0.39, 0.29) is 17.4 Å². The van der Waals surface area contributed by atoms with E-state index < -0.39 is 20.6 Å². The highest BCUT2D eigenvalue weighted by atomic mass is 32.2. The molecule has 24 heavy (non-hydrogen) atoms. The van der Waals surface area contributed by atoms with Crippen LogP contribution in [0.5, 0.6) is 0 Å². The van der Waals surface area contributed by atoms with Crippen LogP contribution < -0.4 is 4.72 Å². The molecule has 0 atom stereocenters. The van der Waals surface area contributed by atoms with Crippen molar-refractivity contribution in [3.63, 3.8) is 0 Å². The van der Waals surface area contributed by atoms with Crippen LogP contribution in [-0.4, -0.2) is 33.0 Å². The maximum Gasteiger partial charge on any atom is 0.305 e. The molecule has 0 aliphatic heterocycles. The van der Waals surface area contributed by atoms with E-state index in [1.807, 2.05) is 0 Å². The van der Waals surface area contributed by atoms with Crippen molar-refractivity contribution in [3.05, 3.63) is 33.9 Å². The number of rotatable bonds is 10. The Bertz CT molecular complexity index is 687. The SMILES string of the molecule is COC(=O)CCCCCCNS(=O)(=O)c1c(C)cccc1[N+](=O)[O-]. The van der Waals surface area contributed by atoms with E-state index in [0.717, 1.165) is 12.8 Å². The monoisotopic (exact) mass is 358 g/mol. The van der Waals surface area contributed by atoms with Crippen molar-refractivity contribution < 1.29 is 22.9 Å². The molecule has 0 fully saturated rings. The number of esters is 1. The molecule has 0 aromatic heterocycles. The average molecular weight is 358 g/mol. The number of nitrogens with zero attached hydrogens (tertiary/aromatic N) is 1. The lowest BCUT2D eigenvalue weighted by atomic mass is 10.1. The summed E-state index contributed by atoms with van der Waals surface area (Å²) in [4.78, 5) is 21.0. The Morgan fingerprint density at radius 2 is 1.92 bits per heavy atom. The Balaban J connectivity index is 2.54. The number of unbranched alkanes of at least 4 members (excludes halogenated alkanes) is 3. The lowest BCUT2D eigenvalue weighted by Crippen LogP contribution is -2.26. The second-order valence-corrected chi connectivity index (χ2v) is 7.02. The molecule has 0 spiro atoms. The topological polar surface area (TPSA) is 116 Å². The molecule has 1 aromatic carbocycles. The fraction of sp³-hybridized carbons (Fsp3) is 0.533. The number of nitrogens with one attached hydrogen (secondary N) is 1. The average Bonchev–Trinajstić information content (AvgIpc) is 2.52. The summed E-state index contributed by atoms with van der Waals surface area (Å²) in [7, 11) is -2.61. The lowest BCUT2D eigenvalue weighted by molar-refractivity contribution is -0.387. The number of hydrogen-bond acceptors (Lipinski definition) is 6. The van der Waals surface area contributed by atoms with Crippen LogP contribution in [0.4, 0.5) is 5.69 Å². The Hall–Kier alpha value is -2.00. The minimum atomic E-state index is -3.94. The molecule has 8 nitrogen and oxygen atoms in total. The standard InChI is InChI=1S/C15H22N2O6S/c1-12-8-7-9-13(17(19)20)15(12)24(21,22)16-11-6-4-3-5-10-14(18)23-2/h7-9,16H,3-6,10-11H2,1-2H3. The Kier molecular flexibility index (Phi) is 7.80. The van der Waals surface area contributed by atoms with Crippen LogP contribution in [0.25, 0.3) is 0 Å². The van der Waals surface area contributed by atoms with Gasteiger partial charge in [-0.3, -0.25) is 14.9 Å². The first-order valence-corrected chi connectivity index (χ1v) is 9.08. The molecule has 1 aromatic rings. The Labute approximate surface area is 141 Å². The van der Waals surface area contributed by atoms with Crippen molar-refractivity contribution in [3.8, 4) is 0 Å². The van der Waals surface area contributed by atoms with Crippen LogP contribution in [0.3, 0.4) is 0 Å². The van der Waals surface area contributed by atoms with Gasteiger partial charge in [-0.2, -0.15) is 0 Å². The summed E-state index contributed by atoms with van der Waals surface area (Å²) < 4.78 is 31.6. The van der Waals surface area contributed by atoms with Gasteiger partial charge in [0, 0.05) is 19.0 Å². The first-order chi connectivity index (χ1) is 11.3. The second-order valence-electron chi connectivity index (χ2n) is 5.32. The second kappa shape index (κ2) is 9.33. The normalized spacial score (nSPS) is 11.2. The van der Waals surface area contributed by atoms with E-state index >= 15 is 0 Å². The third-order valence-electron chi connectivity index (χ3n) is 3.48. The highest BCUT2D eigenvalue weighted by molar-refractivity contribution is 7.89. The molecule has 0 saturated carbocycles. The van der Waals surface area contributed by atoms with Gasteiger partial charge in [-0.25, -0.2) is 13.1 Å². The van der Waals surface area contributed by atoms with Crippen LogP contribution in [0.2, 0.25) is 0 Å². The quantitative estimate of drug-likeness (QED) is 0.297. The maximum absolute atomic E-state index is 12.3. The first kappa shape index (κ1) is 20.0. The van der Waals surface area contributed by atoms with Crippen LogP contribution in [0, 0.1) is 17.0 Å². The third kappa shape index (κ3) is 5.89. The number of hydrogen-bond donors (Lipinski definition) is 1. The molecular weight excluding hydrogens is 336 g/mol.